The highest BCUT2D eigenvalue weighted by molar-refractivity contribution is 7.92. The first kappa shape index (κ1) is 17.5. The van der Waals surface area contributed by atoms with Gasteiger partial charge in [0, 0.05) is 12.2 Å². The summed E-state index contributed by atoms with van der Waals surface area (Å²) in [6, 6.07) is 18.7. The van der Waals surface area contributed by atoms with Gasteiger partial charge >= 0.3 is 0 Å². The summed E-state index contributed by atoms with van der Waals surface area (Å²) < 4.78 is 27.6. The minimum atomic E-state index is -3.62. The molecular weight excluding hydrogens is 358 g/mol. The van der Waals surface area contributed by atoms with E-state index in [1.165, 1.54) is 11.3 Å². The lowest BCUT2D eigenvalue weighted by molar-refractivity contribution is 0.601. The molecule has 2 aromatic carbocycles. The average molecular weight is 379 g/mol. The lowest BCUT2D eigenvalue weighted by Crippen LogP contribution is -2.25. The van der Waals surface area contributed by atoms with Gasteiger partial charge < -0.3 is 4.90 Å². The summed E-state index contributed by atoms with van der Waals surface area (Å²) in [5, 5.41) is 0. The SMILES string of the molecule is Cc1ccc(S(=O)(=O)Nc2ccc(N3CCCc4ccccc43)nc2)cc1. The first-order chi connectivity index (χ1) is 13.0. The number of fused-ring (bicyclic) bond motifs is 1. The van der Waals surface area contributed by atoms with Crippen molar-refractivity contribution < 1.29 is 8.42 Å². The van der Waals surface area contributed by atoms with Gasteiger partial charge in [-0.3, -0.25) is 4.72 Å². The number of sulfonamides is 1. The van der Waals surface area contributed by atoms with Crippen molar-refractivity contribution in [3.8, 4) is 0 Å². The lowest BCUT2D eigenvalue weighted by Gasteiger charge is -2.30. The number of hydrogen-bond acceptors (Lipinski definition) is 4. The Labute approximate surface area is 159 Å². The topological polar surface area (TPSA) is 62.3 Å². The van der Waals surface area contributed by atoms with E-state index in [-0.39, 0.29) is 4.90 Å². The fourth-order valence-corrected chi connectivity index (χ4v) is 4.35. The van der Waals surface area contributed by atoms with Crippen LogP contribution in [0.25, 0.3) is 0 Å². The quantitative estimate of drug-likeness (QED) is 0.735. The number of para-hydroxylation sites is 1. The number of anilines is 3. The molecule has 4 rings (SSSR count). The second-order valence-electron chi connectivity index (χ2n) is 6.71. The summed E-state index contributed by atoms with van der Waals surface area (Å²) in [5.41, 5.74) is 3.95. The molecule has 2 heterocycles. The van der Waals surface area contributed by atoms with E-state index in [9.17, 15) is 8.42 Å². The van der Waals surface area contributed by atoms with E-state index in [1.807, 2.05) is 19.1 Å². The zero-order chi connectivity index (χ0) is 18.9. The third kappa shape index (κ3) is 3.66. The lowest BCUT2D eigenvalue weighted by atomic mass is 10.0. The van der Waals surface area contributed by atoms with Crippen molar-refractivity contribution in [2.75, 3.05) is 16.2 Å². The molecule has 0 saturated heterocycles. The number of pyridine rings is 1. The molecule has 1 aromatic heterocycles. The van der Waals surface area contributed by atoms with Crippen LogP contribution in [0.2, 0.25) is 0 Å². The Balaban J connectivity index is 1.56. The fourth-order valence-electron chi connectivity index (χ4n) is 3.31. The molecule has 0 unspecified atom stereocenters. The summed E-state index contributed by atoms with van der Waals surface area (Å²) >= 11 is 0. The van der Waals surface area contributed by atoms with Crippen LogP contribution < -0.4 is 9.62 Å². The molecule has 0 spiro atoms. The number of aromatic nitrogens is 1. The van der Waals surface area contributed by atoms with Crippen LogP contribution in [0.3, 0.4) is 0 Å². The molecule has 3 aromatic rings. The molecule has 1 aliphatic heterocycles. The van der Waals surface area contributed by atoms with Gasteiger partial charge in [-0.1, -0.05) is 35.9 Å². The van der Waals surface area contributed by atoms with Crippen LogP contribution in [0.5, 0.6) is 0 Å². The second-order valence-corrected chi connectivity index (χ2v) is 8.39. The minimum Gasteiger partial charge on any atom is -0.326 e. The molecule has 1 aliphatic rings. The molecule has 138 valence electrons. The van der Waals surface area contributed by atoms with Gasteiger partial charge in [0.2, 0.25) is 0 Å². The maximum atomic E-state index is 12.5. The van der Waals surface area contributed by atoms with Crippen LogP contribution in [0.4, 0.5) is 17.2 Å². The largest absolute Gasteiger partial charge is 0.326 e. The molecule has 0 saturated carbocycles. The van der Waals surface area contributed by atoms with Gasteiger partial charge in [-0.15, -0.1) is 0 Å². The molecule has 27 heavy (non-hydrogen) atoms. The molecule has 5 nitrogen and oxygen atoms in total. The van der Waals surface area contributed by atoms with E-state index in [2.05, 4.69) is 32.8 Å². The molecule has 0 bridgehead atoms. The number of aryl methyl sites for hydroxylation is 2. The van der Waals surface area contributed by atoms with Crippen LogP contribution in [0.15, 0.2) is 71.8 Å². The molecule has 0 fully saturated rings. The van der Waals surface area contributed by atoms with Crippen molar-refractivity contribution in [1.82, 2.24) is 4.98 Å². The fraction of sp³-hybridized carbons (Fsp3) is 0.190. The van der Waals surface area contributed by atoms with Crippen LogP contribution in [-0.4, -0.2) is 19.9 Å². The van der Waals surface area contributed by atoms with E-state index in [1.54, 1.807) is 36.5 Å². The minimum absolute atomic E-state index is 0.238. The number of nitrogens with one attached hydrogen (secondary N) is 1. The second kappa shape index (κ2) is 7.04. The molecular formula is C21H21N3O2S. The number of hydrogen-bond donors (Lipinski definition) is 1. The highest BCUT2D eigenvalue weighted by Crippen LogP contribution is 2.32. The number of nitrogens with zero attached hydrogens (tertiary/aromatic N) is 2. The van der Waals surface area contributed by atoms with Crippen LogP contribution >= 0.6 is 0 Å². The molecule has 1 N–H and O–H groups in total. The first-order valence-electron chi connectivity index (χ1n) is 8.94. The summed E-state index contributed by atoms with van der Waals surface area (Å²) in [5.74, 6) is 0.820. The van der Waals surface area contributed by atoms with Crippen molar-refractivity contribution in [2.45, 2.75) is 24.7 Å². The number of benzene rings is 2. The average Bonchev–Trinajstić information content (AvgIpc) is 2.68. The van der Waals surface area contributed by atoms with E-state index >= 15 is 0 Å². The Kier molecular flexibility index (Phi) is 4.58. The highest BCUT2D eigenvalue weighted by atomic mass is 32.2. The first-order valence-corrected chi connectivity index (χ1v) is 10.4. The molecule has 0 aliphatic carbocycles. The van der Waals surface area contributed by atoms with Gasteiger partial charge in [-0.2, -0.15) is 0 Å². The van der Waals surface area contributed by atoms with E-state index in [0.29, 0.717) is 5.69 Å². The highest BCUT2D eigenvalue weighted by Gasteiger charge is 2.19. The van der Waals surface area contributed by atoms with Crippen molar-refractivity contribution in [1.29, 1.82) is 0 Å². The Morgan fingerprint density at radius 3 is 2.52 bits per heavy atom. The Morgan fingerprint density at radius 1 is 1.00 bits per heavy atom. The Morgan fingerprint density at radius 2 is 1.78 bits per heavy atom. The zero-order valence-electron chi connectivity index (χ0n) is 15.1. The third-order valence-electron chi connectivity index (χ3n) is 4.72. The van der Waals surface area contributed by atoms with Crippen LogP contribution in [-0.2, 0) is 16.4 Å². The van der Waals surface area contributed by atoms with Gasteiger partial charge in [0.25, 0.3) is 10.0 Å². The zero-order valence-corrected chi connectivity index (χ0v) is 15.9. The Bertz CT molecular complexity index is 1050. The van der Waals surface area contributed by atoms with E-state index < -0.39 is 10.0 Å². The van der Waals surface area contributed by atoms with Crippen LogP contribution in [0.1, 0.15) is 17.5 Å². The molecule has 6 heteroatoms. The van der Waals surface area contributed by atoms with E-state index in [0.717, 1.165) is 30.8 Å². The Hall–Kier alpha value is -2.86. The summed E-state index contributed by atoms with van der Waals surface area (Å²) in [6.07, 6.45) is 3.71. The molecule has 0 amide bonds. The van der Waals surface area contributed by atoms with Gasteiger partial charge in [-0.05, 0) is 55.7 Å². The van der Waals surface area contributed by atoms with Crippen molar-refractivity contribution in [2.24, 2.45) is 0 Å². The summed E-state index contributed by atoms with van der Waals surface area (Å²) in [4.78, 5) is 6.91. The van der Waals surface area contributed by atoms with Crippen molar-refractivity contribution in [3.05, 3.63) is 78.0 Å². The maximum Gasteiger partial charge on any atom is 0.261 e. The van der Waals surface area contributed by atoms with Gasteiger partial charge in [-0.25, -0.2) is 13.4 Å². The summed E-state index contributed by atoms with van der Waals surface area (Å²) in [6.45, 7) is 2.82. The van der Waals surface area contributed by atoms with Crippen molar-refractivity contribution in [3.63, 3.8) is 0 Å². The number of rotatable bonds is 4. The smallest absolute Gasteiger partial charge is 0.261 e. The maximum absolute atomic E-state index is 12.5. The normalized spacial score (nSPS) is 13.9. The standard InChI is InChI=1S/C21H21N3O2S/c1-16-8-11-19(12-9-16)27(25,26)23-18-10-13-21(22-15-18)24-14-4-6-17-5-2-3-7-20(17)24/h2-3,5,7-13,15,23H,4,6,14H2,1H3. The summed E-state index contributed by atoms with van der Waals surface area (Å²) in [7, 11) is -3.62. The van der Waals surface area contributed by atoms with Crippen molar-refractivity contribution >= 4 is 27.2 Å². The monoisotopic (exact) mass is 379 g/mol. The van der Waals surface area contributed by atoms with Gasteiger partial charge in [0.05, 0.1) is 16.8 Å². The predicted molar refractivity (Wildman–Crippen MR) is 108 cm³/mol. The van der Waals surface area contributed by atoms with Gasteiger partial charge in [0.15, 0.2) is 0 Å². The predicted octanol–water partition coefficient (Wildman–Crippen LogP) is 4.28. The van der Waals surface area contributed by atoms with Crippen LogP contribution in [0, 0.1) is 6.92 Å². The van der Waals surface area contributed by atoms with Gasteiger partial charge in [0.1, 0.15) is 5.82 Å². The van der Waals surface area contributed by atoms with E-state index in [4.69, 9.17) is 0 Å². The molecule has 0 radical (unpaired) electrons. The molecule has 0 atom stereocenters. The third-order valence-corrected chi connectivity index (χ3v) is 6.12.